The maximum Gasteiger partial charge on any atom is 0.259 e. The smallest absolute Gasteiger partial charge is 0.259 e. The molecule has 0 aliphatic rings. The number of likely N-dealkylation sites (N-methyl/N-ethyl adjacent to an activating group) is 1. The molecule has 0 radical (unpaired) electrons. The molecule has 0 saturated carbocycles. The second-order valence-electron chi connectivity index (χ2n) is 7.34. The first-order valence-electron chi connectivity index (χ1n) is 10.2. The summed E-state index contributed by atoms with van der Waals surface area (Å²) in [6.45, 7) is 0.290. The molecule has 0 unspecified atom stereocenters. The van der Waals surface area contributed by atoms with E-state index < -0.39 is 0 Å². The Morgan fingerprint density at radius 2 is 1.61 bits per heavy atom. The van der Waals surface area contributed by atoms with E-state index in [0.29, 0.717) is 40.1 Å². The Morgan fingerprint density at radius 3 is 2.24 bits per heavy atom. The summed E-state index contributed by atoms with van der Waals surface area (Å²) in [5.74, 6) is 1.08. The van der Waals surface area contributed by atoms with Crippen LogP contribution in [0.4, 0.5) is 5.69 Å². The van der Waals surface area contributed by atoms with Gasteiger partial charge in [0, 0.05) is 30.4 Å². The van der Waals surface area contributed by atoms with Crippen LogP contribution in [0.1, 0.15) is 15.9 Å². The fraction of sp³-hybridized carbons (Fsp3) is 0.200. The van der Waals surface area contributed by atoms with Gasteiger partial charge in [0.25, 0.3) is 11.8 Å². The first-order valence-corrected chi connectivity index (χ1v) is 10.5. The molecular formula is C25H25ClN2O5. The number of ether oxygens (including phenoxy) is 3. The van der Waals surface area contributed by atoms with Gasteiger partial charge < -0.3 is 24.4 Å². The Labute approximate surface area is 197 Å². The number of benzene rings is 3. The zero-order valence-electron chi connectivity index (χ0n) is 18.6. The van der Waals surface area contributed by atoms with Crippen molar-refractivity contribution in [3.8, 4) is 17.2 Å². The van der Waals surface area contributed by atoms with Crippen LogP contribution in [-0.4, -0.2) is 44.5 Å². The van der Waals surface area contributed by atoms with Crippen molar-refractivity contribution in [3.05, 3.63) is 82.9 Å². The molecule has 172 valence electrons. The SMILES string of the molecule is COc1cc(C(=O)Nc2ccc(OCC(=O)N(C)C)cc2)ccc1OCc1ccc(Cl)cc1. The summed E-state index contributed by atoms with van der Waals surface area (Å²) in [5, 5.41) is 3.48. The maximum absolute atomic E-state index is 12.7. The van der Waals surface area contributed by atoms with E-state index in [2.05, 4.69) is 5.32 Å². The van der Waals surface area contributed by atoms with Gasteiger partial charge in [-0.05, 0) is 60.2 Å². The summed E-state index contributed by atoms with van der Waals surface area (Å²) >= 11 is 5.91. The third-order valence-corrected chi connectivity index (χ3v) is 4.96. The molecule has 0 fully saturated rings. The van der Waals surface area contributed by atoms with E-state index in [9.17, 15) is 9.59 Å². The topological polar surface area (TPSA) is 77.1 Å². The average Bonchev–Trinajstić information content (AvgIpc) is 2.82. The molecule has 1 N–H and O–H groups in total. The Kier molecular flexibility index (Phi) is 8.16. The molecule has 0 bridgehead atoms. The van der Waals surface area contributed by atoms with Crippen LogP contribution >= 0.6 is 11.6 Å². The molecule has 0 aliphatic carbocycles. The van der Waals surface area contributed by atoms with Crippen molar-refractivity contribution in [1.29, 1.82) is 0 Å². The van der Waals surface area contributed by atoms with Gasteiger partial charge in [-0.15, -0.1) is 0 Å². The lowest BCUT2D eigenvalue weighted by atomic mass is 10.1. The molecular weight excluding hydrogens is 444 g/mol. The van der Waals surface area contributed by atoms with Crippen LogP contribution in [0.25, 0.3) is 0 Å². The van der Waals surface area contributed by atoms with E-state index in [1.165, 1.54) is 12.0 Å². The molecule has 0 aromatic heterocycles. The summed E-state index contributed by atoms with van der Waals surface area (Å²) in [6, 6.07) is 19.1. The van der Waals surface area contributed by atoms with Gasteiger partial charge in [0.15, 0.2) is 18.1 Å². The second kappa shape index (κ2) is 11.2. The molecule has 0 spiro atoms. The summed E-state index contributed by atoms with van der Waals surface area (Å²) in [4.78, 5) is 25.7. The minimum atomic E-state index is -0.297. The van der Waals surface area contributed by atoms with Gasteiger partial charge in [0.05, 0.1) is 7.11 Å². The molecule has 8 heteroatoms. The minimum Gasteiger partial charge on any atom is -0.493 e. The van der Waals surface area contributed by atoms with Crippen LogP contribution in [0.3, 0.4) is 0 Å². The van der Waals surface area contributed by atoms with Crippen LogP contribution in [0.2, 0.25) is 5.02 Å². The fourth-order valence-electron chi connectivity index (χ4n) is 2.78. The van der Waals surface area contributed by atoms with E-state index in [1.807, 2.05) is 12.1 Å². The first-order chi connectivity index (χ1) is 15.9. The van der Waals surface area contributed by atoms with Crippen LogP contribution in [-0.2, 0) is 11.4 Å². The van der Waals surface area contributed by atoms with E-state index in [4.69, 9.17) is 25.8 Å². The predicted octanol–water partition coefficient (Wildman–Crippen LogP) is 4.65. The van der Waals surface area contributed by atoms with Gasteiger partial charge >= 0.3 is 0 Å². The van der Waals surface area contributed by atoms with Crippen LogP contribution in [0, 0.1) is 0 Å². The lowest BCUT2D eigenvalue weighted by molar-refractivity contribution is -0.130. The highest BCUT2D eigenvalue weighted by atomic mass is 35.5. The standard InChI is InChI=1S/C25H25ClN2O5/c1-28(2)24(29)16-32-21-11-9-20(10-12-21)27-25(30)18-6-13-22(23(14-18)31-3)33-15-17-4-7-19(26)8-5-17/h4-14H,15-16H2,1-3H3,(H,27,30). The number of anilines is 1. The lowest BCUT2D eigenvalue weighted by Crippen LogP contribution is -2.27. The molecule has 0 atom stereocenters. The third kappa shape index (κ3) is 6.89. The number of hydrogen-bond donors (Lipinski definition) is 1. The van der Waals surface area contributed by atoms with Crippen LogP contribution in [0.15, 0.2) is 66.7 Å². The molecule has 2 amide bonds. The Bertz CT molecular complexity index is 1100. The van der Waals surface area contributed by atoms with E-state index in [-0.39, 0.29) is 18.4 Å². The van der Waals surface area contributed by atoms with Crippen molar-refractivity contribution in [3.63, 3.8) is 0 Å². The summed E-state index contributed by atoms with van der Waals surface area (Å²) in [6.07, 6.45) is 0. The molecule has 3 aromatic rings. The zero-order valence-corrected chi connectivity index (χ0v) is 19.4. The number of carbonyl (C=O) groups excluding carboxylic acids is 2. The van der Waals surface area contributed by atoms with Gasteiger partial charge in [-0.2, -0.15) is 0 Å². The number of halogens is 1. The molecule has 0 aliphatic heterocycles. The van der Waals surface area contributed by atoms with Crippen LogP contribution < -0.4 is 19.5 Å². The van der Waals surface area contributed by atoms with E-state index >= 15 is 0 Å². The van der Waals surface area contributed by atoms with Crippen molar-refractivity contribution in [1.82, 2.24) is 4.90 Å². The zero-order chi connectivity index (χ0) is 23.8. The highest BCUT2D eigenvalue weighted by molar-refractivity contribution is 6.30. The van der Waals surface area contributed by atoms with E-state index in [0.717, 1.165) is 5.56 Å². The van der Waals surface area contributed by atoms with Crippen molar-refractivity contribution in [2.75, 3.05) is 33.1 Å². The van der Waals surface area contributed by atoms with Gasteiger partial charge in [0.1, 0.15) is 12.4 Å². The molecule has 3 rings (SSSR count). The number of hydrogen-bond acceptors (Lipinski definition) is 5. The summed E-state index contributed by atoms with van der Waals surface area (Å²) < 4.78 is 16.7. The van der Waals surface area contributed by atoms with Crippen molar-refractivity contribution >= 4 is 29.1 Å². The number of rotatable bonds is 9. The number of nitrogens with one attached hydrogen (secondary N) is 1. The number of nitrogens with zero attached hydrogens (tertiary/aromatic N) is 1. The predicted molar refractivity (Wildman–Crippen MR) is 127 cm³/mol. The van der Waals surface area contributed by atoms with Gasteiger partial charge in [0.2, 0.25) is 0 Å². The average molecular weight is 469 g/mol. The maximum atomic E-state index is 12.7. The van der Waals surface area contributed by atoms with Gasteiger partial charge in [-0.3, -0.25) is 9.59 Å². The monoisotopic (exact) mass is 468 g/mol. The quantitative estimate of drug-likeness (QED) is 0.494. The molecule has 33 heavy (non-hydrogen) atoms. The van der Waals surface area contributed by atoms with Crippen molar-refractivity contribution in [2.24, 2.45) is 0 Å². The summed E-state index contributed by atoms with van der Waals surface area (Å²) in [5.41, 5.74) is 1.97. The Balaban J connectivity index is 1.60. The van der Waals surface area contributed by atoms with Gasteiger partial charge in [-0.1, -0.05) is 23.7 Å². The molecule has 3 aromatic carbocycles. The molecule has 0 saturated heterocycles. The third-order valence-electron chi connectivity index (χ3n) is 4.71. The van der Waals surface area contributed by atoms with E-state index in [1.54, 1.807) is 68.7 Å². The number of amides is 2. The fourth-order valence-corrected chi connectivity index (χ4v) is 2.91. The largest absolute Gasteiger partial charge is 0.493 e. The normalized spacial score (nSPS) is 10.3. The molecule has 7 nitrogen and oxygen atoms in total. The number of methoxy groups -OCH3 is 1. The highest BCUT2D eigenvalue weighted by Crippen LogP contribution is 2.29. The Hall–Kier alpha value is -3.71. The highest BCUT2D eigenvalue weighted by Gasteiger charge is 2.12. The first kappa shape index (κ1) is 23.9. The summed E-state index contributed by atoms with van der Waals surface area (Å²) in [7, 11) is 4.85. The van der Waals surface area contributed by atoms with Crippen molar-refractivity contribution < 1.29 is 23.8 Å². The number of carbonyl (C=O) groups is 2. The minimum absolute atomic E-state index is 0.0507. The molecule has 0 heterocycles. The van der Waals surface area contributed by atoms with Gasteiger partial charge in [-0.25, -0.2) is 0 Å². The van der Waals surface area contributed by atoms with Crippen molar-refractivity contribution in [2.45, 2.75) is 6.61 Å². The second-order valence-corrected chi connectivity index (χ2v) is 7.77. The Morgan fingerprint density at radius 1 is 0.909 bits per heavy atom. The van der Waals surface area contributed by atoms with Crippen LogP contribution in [0.5, 0.6) is 17.2 Å². The lowest BCUT2D eigenvalue weighted by Gasteiger charge is -2.13.